The Morgan fingerprint density at radius 1 is 0.769 bits per heavy atom. The van der Waals surface area contributed by atoms with Crippen LogP contribution in [0.3, 0.4) is 0 Å². The normalized spacial score (nSPS) is 12.3. The Hall–Kier alpha value is -0.820. The van der Waals surface area contributed by atoms with Crippen LogP contribution in [0.1, 0.15) is 90.9 Å². The van der Waals surface area contributed by atoms with Crippen molar-refractivity contribution in [3.63, 3.8) is 0 Å². The predicted molar refractivity (Wildman–Crippen MR) is 110 cm³/mol. The molecule has 0 heterocycles. The van der Waals surface area contributed by atoms with E-state index in [0.29, 0.717) is 5.96 Å². The summed E-state index contributed by atoms with van der Waals surface area (Å²) in [7, 11) is -4.19. The van der Waals surface area contributed by atoms with Crippen LogP contribution in [0.25, 0.3) is 0 Å². The highest BCUT2D eigenvalue weighted by atomic mass is 32.2. The van der Waals surface area contributed by atoms with Crippen LogP contribution in [0.2, 0.25) is 0 Å². The number of hydrogen-bond acceptors (Lipinski definition) is 4. The number of rotatable bonds is 17. The Kier molecular flexibility index (Phi) is 17.0. The topological polar surface area (TPSA) is 93.6 Å². The zero-order valence-electron chi connectivity index (χ0n) is 16.9. The van der Waals surface area contributed by atoms with Gasteiger partial charge in [0.15, 0.2) is 5.96 Å². The highest BCUT2D eigenvalue weighted by molar-refractivity contribution is 7.85. The fourth-order valence-electron chi connectivity index (χ4n) is 2.66. The molecule has 0 aliphatic rings. The smallest absolute Gasteiger partial charge is 0.191 e. The van der Waals surface area contributed by atoms with Crippen molar-refractivity contribution in [3.05, 3.63) is 0 Å². The molecule has 0 spiro atoms. The largest absolute Gasteiger partial charge is 0.748 e. The third-order valence-electron chi connectivity index (χ3n) is 4.25. The lowest BCUT2D eigenvalue weighted by Gasteiger charge is -2.14. The second-order valence-electron chi connectivity index (χ2n) is 6.88. The number of unbranched alkanes of at least 4 members (excludes halogenated alkanes) is 10. The van der Waals surface area contributed by atoms with Crippen LogP contribution in [-0.4, -0.2) is 44.3 Å². The summed E-state index contributed by atoms with van der Waals surface area (Å²) in [5.74, 6) is 0.206. The molecule has 0 rings (SSSR count). The van der Waals surface area contributed by atoms with E-state index in [0.717, 1.165) is 25.9 Å². The van der Waals surface area contributed by atoms with Crippen molar-refractivity contribution in [1.29, 1.82) is 0 Å². The summed E-state index contributed by atoms with van der Waals surface area (Å²) in [6.07, 6.45) is 14.6. The van der Waals surface area contributed by atoms with E-state index in [4.69, 9.17) is 0 Å². The number of hydrogen-bond donors (Lipinski definition) is 2. The monoisotopic (exact) mass is 390 g/mol. The second kappa shape index (κ2) is 17.6. The SMILES string of the molecule is CCCCCCCCN=C(NCCCCCCCC)NCCS(=O)(=O)[O-]. The molecule has 0 unspecified atom stereocenters. The van der Waals surface area contributed by atoms with E-state index in [1.807, 2.05) is 0 Å². The summed E-state index contributed by atoms with van der Waals surface area (Å²) in [4.78, 5) is 4.51. The number of aliphatic imine (C=N–C) groups is 1. The van der Waals surface area contributed by atoms with Crippen LogP contribution in [0.5, 0.6) is 0 Å². The van der Waals surface area contributed by atoms with Crippen LogP contribution in [0, 0.1) is 0 Å². The van der Waals surface area contributed by atoms with Crippen molar-refractivity contribution in [2.45, 2.75) is 90.9 Å². The highest BCUT2D eigenvalue weighted by Crippen LogP contribution is 2.05. The van der Waals surface area contributed by atoms with Gasteiger partial charge in [-0.05, 0) is 12.8 Å². The Morgan fingerprint density at radius 3 is 1.85 bits per heavy atom. The van der Waals surface area contributed by atoms with Crippen LogP contribution < -0.4 is 10.6 Å². The molecule has 0 fully saturated rings. The van der Waals surface area contributed by atoms with Crippen molar-refractivity contribution >= 4 is 16.1 Å². The molecule has 0 aromatic heterocycles. The van der Waals surface area contributed by atoms with Gasteiger partial charge >= 0.3 is 0 Å². The first-order valence-corrected chi connectivity index (χ1v) is 12.0. The van der Waals surface area contributed by atoms with Crippen molar-refractivity contribution in [1.82, 2.24) is 10.6 Å². The quantitative estimate of drug-likeness (QED) is 0.171. The highest BCUT2D eigenvalue weighted by Gasteiger charge is 2.01. The van der Waals surface area contributed by atoms with Crippen molar-refractivity contribution < 1.29 is 13.0 Å². The predicted octanol–water partition coefficient (Wildman–Crippen LogP) is 3.79. The summed E-state index contributed by atoms with van der Waals surface area (Å²) in [6, 6.07) is 0. The van der Waals surface area contributed by atoms with Crippen LogP contribution in [0.4, 0.5) is 0 Å². The lowest BCUT2D eigenvalue weighted by Crippen LogP contribution is -2.40. The Morgan fingerprint density at radius 2 is 1.27 bits per heavy atom. The zero-order chi connectivity index (χ0) is 19.5. The maximum Gasteiger partial charge on any atom is 0.191 e. The Bertz CT molecular complexity index is 439. The fourth-order valence-corrected chi connectivity index (χ4v) is 3.02. The molecular weight excluding hydrogens is 350 g/mol. The molecule has 0 aromatic rings. The fraction of sp³-hybridized carbons (Fsp3) is 0.947. The third-order valence-corrected chi connectivity index (χ3v) is 4.95. The molecule has 2 N–H and O–H groups in total. The Labute approximate surface area is 161 Å². The molecule has 0 aliphatic carbocycles. The summed E-state index contributed by atoms with van der Waals surface area (Å²) in [5, 5.41) is 6.21. The standard InChI is InChI=1S/C19H41N3O3S/c1-3-5-7-9-11-13-15-20-19(22-17-18-26(23,24)25)21-16-14-12-10-8-6-4-2/h3-18H2,1-2H3,(H2,20,21,22)(H,23,24,25)/p-1. The minimum atomic E-state index is -4.19. The molecule has 0 aliphatic heterocycles. The first-order valence-electron chi connectivity index (χ1n) is 10.4. The van der Waals surface area contributed by atoms with E-state index in [1.54, 1.807) is 0 Å². The molecule has 0 aromatic carbocycles. The van der Waals surface area contributed by atoms with E-state index in [-0.39, 0.29) is 6.54 Å². The number of guanidine groups is 1. The first kappa shape index (κ1) is 25.2. The minimum absolute atomic E-state index is 0.102. The van der Waals surface area contributed by atoms with Gasteiger partial charge in [-0.1, -0.05) is 78.1 Å². The number of nitrogens with zero attached hydrogens (tertiary/aromatic N) is 1. The average molecular weight is 391 g/mol. The molecule has 0 bridgehead atoms. The zero-order valence-corrected chi connectivity index (χ0v) is 17.7. The maximum absolute atomic E-state index is 10.7. The second-order valence-corrected chi connectivity index (χ2v) is 8.40. The van der Waals surface area contributed by atoms with Gasteiger partial charge in [0, 0.05) is 19.6 Å². The van der Waals surface area contributed by atoms with Crippen molar-refractivity contribution in [2.75, 3.05) is 25.4 Å². The van der Waals surface area contributed by atoms with Gasteiger partial charge in [-0.25, -0.2) is 8.42 Å². The van der Waals surface area contributed by atoms with Crippen LogP contribution in [-0.2, 0) is 10.1 Å². The van der Waals surface area contributed by atoms with E-state index < -0.39 is 15.9 Å². The van der Waals surface area contributed by atoms with Gasteiger partial charge in [0.25, 0.3) is 0 Å². The molecule has 0 amide bonds. The van der Waals surface area contributed by atoms with Gasteiger partial charge in [0.05, 0.1) is 15.9 Å². The average Bonchev–Trinajstić information content (AvgIpc) is 2.58. The van der Waals surface area contributed by atoms with E-state index in [9.17, 15) is 13.0 Å². The van der Waals surface area contributed by atoms with Gasteiger partial charge in [-0.3, -0.25) is 4.99 Å². The lowest BCUT2D eigenvalue weighted by atomic mass is 10.1. The van der Waals surface area contributed by atoms with E-state index >= 15 is 0 Å². The molecule has 0 saturated carbocycles. The molecule has 156 valence electrons. The summed E-state index contributed by atoms with van der Waals surface area (Å²) in [5.41, 5.74) is 0. The van der Waals surface area contributed by atoms with Crippen LogP contribution >= 0.6 is 0 Å². The summed E-state index contributed by atoms with van der Waals surface area (Å²) < 4.78 is 32.2. The number of nitrogens with one attached hydrogen (secondary N) is 2. The molecule has 7 heteroatoms. The molecule has 0 radical (unpaired) electrons. The third kappa shape index (κ3) is 19.5. The summed E-state index contributed by atoms with van der Waals surface area (Å²) in [6.45, 7) is 6.06. The molecule has 0 atom stereocenters. The van der Waals surface area contributed by atoms with Gasteiger partial charge < -0.3 is 15.2 Å². The van der Waals surface area contributed by atoms with Gasteiger partial charge in [0.1, 0.15) is 0 Å². The van der Waals surface area contributed by atoms with E-state index in [1.165, 1.54) is 64.2 Å². The lowest BCUT2D eigenvalue weighted by molar-refractivity contribution is 0.462. The van der Waals surface area contributed by atoms with E-state index in [2.05, 4.69) is 29.5 Å². The minimum Gasteiger partial charge on any atom is -0.748 e. The molecule has 26 heavy (non-hydrogen) atoms. The van der Waals surface area contributed by atoms with Crippen molar-refractivity contribution in [3.8, 4) is 0 Å². The molecule has 0 saturated heterocycles. The van der Waals surface area contributed by atoms with Gasteiger partial charge in [-0.15, -0.1) is 0 Å². The maximum atomic E-state index is 10.7. The molecular formula is C19H40N3O3S-. The van der Waals surface area contributed by atoms with Crippen LogP contribution in [0.15, 0.2) is 4.99 Å². The molecule has 6 nitrogen and oxygen atoms in total. The van der Waals surface area contributed by atoms with Gasteiger partial charge in [-0.2, -0.15) is 0 Å². The van der Waals surface area contributed by atoms with Crippen molar-refractivity contribution in [2.24, 2.45) is 4.99 Å². The Balaban J connectivity index is 4.05. The first-order chi connectivity index (χ1) is 12.5. The summed E-state index contributed by atoms with van der Waals surface area (Å²) >= 11 is 0. The van der Waals surface area contributed by atoms with Gasteiger partial charge in [0.2, 0.25) is 0 Å².